The maximum atomic E-state index is 12.7. The van der Waals surface area contributed by atoms with Crippen LogP contribution >= 0.6 is 0 Å². The van der Waals surface area contributed by atoms with Crippen LogP contribution < -0.4 is 5.32 Å². The van der Waals surface area contributed by atoms with E-state index in [4.69, 9.17) is 0 Å². The number of rotatable bonds is 6. The molecule has 2 N–H and O–H groups in total. The molecule has 2 atom stereocenters. The van der Waals surface area contributed by atoms with Crippen LogP contribution in [0.15, 0.2) is 17.3 Å². The number of hydrogen-bond donors (Lipinski definition) is 2. The molecule has 0 bridgehead atoms. The summed E-state index contributed by atoms with van der Waals surface area (Å²) >= 11 is 0. The molecule has 0 radical (unpaired) electrons. The summed E-state index contributed by atoms with van der Waals surface area (Å²) in [7, 11) is -3.46. The molecular formula is C13H24N4O2S. The van der Waals surface area contributed by atoms with Crippen LogP contribution in [0.5, 0.6) is 0 Å². The summed E-state index contributed by atoms with van der Waals surface area (Å²) in [6.07, 6.45) is 5.43. The molecule has 1 fully saturated rings. The number of sulfonamides is 1. The van der Waals surface area contributed by atoms with Gasteiger partial charge in [0.25, 0.3) is 10.0 Å². The van der Waals surface area contributed by atoms with Gasteiger partial charge in [0.1, 0.15) is 0 Å². The van der Waals surface area contributed by atoms with Gasteiger partial charge < -0.3 is 5.32 Å². The Kier molecular flexibility index (Phi) is 5.17. The highest BCUT2D eigenvalue weighted by Gasteiger charge is 2.36. The van der Waals surface area contributed by atoms with Gasteiger partial charge in [0.15, 0.2) is 5.03 Å². The molecule has 0 aromatic carbocycles. The smallest absolute Gasteiger partial charge is 0.260 e. The highest BCUT2D eigenvalue weighted by molar-refractivity contribution is 7.89. The highest BCUT2D eigenvalue weighted by atomic mass is 32.2. The molecule has 1 aliphatic heterocycles. The second kappa shape index (κ2) is 6.69. The van der Waals surface area contributed by atoms with E-state index in [0.29, 0.717) is 6.54 Å². The largest absolute Gasteiger partial charge is 0.313 e. The zero-order valence-corrected chi connectivity index (χ0v) is 13.0. The number of aromatic nitrogens is 2. The van der Waals surface area contributed by atoms with E-state index in [1.165, 1.54) is 12.3 Å². The van der Waals surface area contributed by atoms with Gasteiger partial charge in [-0.05, 0) is 38.8 Å². The fraction of sp³-hybridized carbons (Fsp3) is 0.769. The number of piperidine rings is 1. The second-order valence-corrected chi connectivity index (χ2v) is 7.20. The normalized spacial score (nSPS) is 22.8. The fourth-order valence-corrected chi connectivity index (χ4v) is 4.42. The van der Waals surface area contributed by atoms with Gasteiger partial charge in [0, 0.05) is 18.6 Å². The summed E-state index contributed by atoms with van der Waals surface area (Å²) in [5.41, 5.74) is 0. The summed E-state index contributed by atoms with van der Waals surface area (Å²) in [4.78, 5) is 0. The van der Waals surface area contributed by atoms with Crippen molar-refractivity contribution >= 4 is 10.0 Å². The Balaban J connectivity index is 2.18. The predicted molar refractivity (Wildman–Crippen MR) is 77.9 cm³/mol. The molecule has 1 aliphatic rings. The number of nitrogens with zero attached hydrogens (tertiary/aromatic N) is 2. The van der Waals surface area contributed by atoms with E-state index < -0.39 is 10.0 Å². The van der Waals surface area contributed by atoms with Gasteiger partial charge in [-0.15, -0.1) is 0 Å². The molecule has 2 rings (SSSR count). The molecule has 0 amide bonds. The lowest BCUT2D eigenvalue weighted by Gasteiger charge is -2.38. The Hall–Kier alpha value is -0.920. The number of H-pyrrole nitrogens is 1. The SMILES string of the molecule is CCCNC(C)C1CCCCN1S(=O)(=O)c1ccn[nH]1. The third-order valence-electron chi connectivity index (χ3n) is 3.85. The van der Waals surface area contributed by atoms with Crippen molar-refractivity contribution in [1.29, 1.82) is 0 Å². The first-order chi connectivity index (χ1) is 9.57. The Morgan fingerprint density at radius 3 is 3.00 bits per heavy atom. The lowest BCUT2D eigenvalue weighted by molar-refractivity contribution is 0.208. The maximum absolute atomic E-state index is 12.7. The Morgan fingerprint density at radius 2 is 2.35 bits per heavy atom. The van der Waals surface area contributed by atoms with Crippen LogP contribution in [-0.4, -0.2) is 48.1 Å². The zero-order chi connectivity index (χ0) is 14.6. The van der Waals surface area contributed by atoms with Crippen molar-refractivity contribution < 1.29 is 8.42 Å². The van der Waals surface area contributed by atoms with E-state index >= 15 is 0 Å². The molecule has 114 valence electrons. The molecule has 2 unspecified atom stereocenters. The van der Waals surface area contributed by atoms with Gasteiger partial charge in [-0.3, -0.25) is 5.10 Å². The van der Waals surface area contributed by atoms with Crippen molar-refractivity contribution in [2.24, 2.45) is 0 Å². The van der Waals surface area contributed by atoms with Gasteiger partial charge in [-0.2, -0.15) is 9.40 Å². The van der Waals surface area contributed by atoms with Crippen molar-refractivity contribution in [2.75, 3.05) is 13.1 Å². The molecule has 7 heteroatoms. The van der Waals surface area contributed by atoms with Crippen LogP contribution in [0.2, 0.25) is 0 Å². The monoisotopic (exact) mass is 300 g/mol. The Bertz CT molecular complexity index is 500. The summed E-state index contributed by atoms with van der Waals surface area (Å²) in [6, 6.07) is 1.70. The summed E-state index contributed by atoms with van der Waals surface area (Å²) in [5, 5.41) is 9.94. The lowest BCUT2D eigenvalue weighted by atomic mass is 9.99. The first-order valence-corrected chi connectivity index (χ1v) is 8.76. The van der Waals surface area contributed by atoms with Crippen molar-refractivity contribution in [1.82, 2.24) is 19.8 Å². The Morgan fingerprint density at radius 1 is 1.55 bits per heavy atom. The molecule has 0 saturated carbocycles. The zero-order valence-electron chi connectivity index (χ0n) is 12.2. The van der Waals surface area contributed by atoms with Crippen molar-refractivity contribution in [3.63, 3.8) is 0 Å². The van der Waals surface area contributed by atoms with Crippen LogP contribution in [0.25, 0.3) is 0 Å². The molecule has 2 heterocycles. The van der Waals surface area contributed by atoms with Crippen LogP contribution in [-0.2, 0) is 10.0 Å². The minimum absolute atomic E-state index is 0.0172. The summed E-state index contributed by atoms with van der Waals surface area (Å²) < 4.78 is 27.0. The molecule has 20 heavy (non-hydrogen) atoms. The Labute approximate surface area is 121 Å². The van der Waals surface area contributed by atoms with Gasteiger partial charge in [0.2, 0.25) is 0 Å². The van der Waals surface area contributed by atoms with Gasteiger partial charge in [0.05, 0.1) is 6.20 Å². The molecule has 0 aliphatic carbocycles. The van der Waals surface area contributed by atoms with E-state index in [-0.39, 0.29) is 17.1 Å². The molecular weight excluding hydrogens is 276 g/mol. The number of nitrogens with one attached hydrogen (secondary N) is 2. The van der Waals surface area contributed by atoms with Crippen molar-refractivity contribution in [2.45, 2.75) is 56.6 Å². The van der Waals surface area contributed by atoms with Crippen molar-refractivity contribution in [3.05, 3.63) is 12.3 Å². The topological polar surface area (TPSA) is 78.1 Å². The number of aromatic amines is 1. The van der Waals surface area contributed by atoms with Crippen LogP contribution in [0.3, 0.4) is 0 Å². The van der Waals surface area contributed by atoms with E-state index in [2.05, 4.69) is 29.4 Å². The first kappa shape index (κ1) is 15.5. The third kappa shape index (κ3) is 3.21. The minimum atomic E-state index is -3.46. The quantitative estimate of drug-likeness (QED) is 0.831. The standard InChI is InChI=1S/C13H24N4O2S/c1-3-8-14-11(2)12-6-4-5-10-17(12)20(18,19)13-7-9-15-16-13/h7,9,11-12,14H,3-6,8,10H2,1-2H3,(H,15,16). The van der Waals surface area contributed by atoms with Crippen LogP contribution in [0.4, 0.5) is 0 Å². The third-order valence-corrected chi connectivity index (χ3v) is 5.71. The fourth-order valence-electron chi connectivity index (χ4n) is 2.75. The predicted octanol–water partition coefficient (Wildman–Crippen LogP) is 1.34. The summed E-state index contributed by atoms with van der Waals surface area (Å²) in [5.74, 6) is 0. The van der Waals surface area contributed by atoms with Crippen molar-refractivity contribution in [3.8, 4) is 0 Å². The molecule has 6 nitrogen and oxygen atoms in total. The average molecular weight is 300 g/mol. The van der Waals surface area contributed by atoms with E-state index in [0.717, 1.165) is 32.2 Å². The lowest BCUT2D eigenvalue weighted by Crippen LogP contribution is -2.53. The summed E-state index contributed by atoms with van der Waals surface area (Å²) in [6.45, 7) is 5.68. The molecule has 0 spiro atoms. The second-order valence-electron chi connectivity index (χ2n) is 5.34. The molecule has 1 aromatic rings. The minimum Gasteiger partial charge on any atom is -0.313 e. The van der Waals surface area contributed by atoms with E-state index in [1.54, 1.807) is 4.31 Å². The molecule has 1 saturated heterocycles. The average Bonchev–Trinajstić information content (AvgIpc) is 2.99. The van der Waals surface area contributed by atoms with E-state index in [9.17, 15) is 8.42 Å². The van der Waals surface area contributed by atoms with Gasteiger partial charge >= 0.3 is 0 Å². The highest BCUT2D eigenvalue weighted by Crippen LogP contribution is 2.26. The van der Waals surface area contributed by atoms with Gasteiger partial charge in [-0.1, -0.05) is 13.3 Å². The van der Waals surface area contributed by atoms with Crippen LogP contribution in [0.1, 0.15) is 39.5 Å². The van der Waals surface area contributed by atoms with E-state index in [1.807, 2.05) is 0 Å². The maximum Gasteiger partial charge on any atom is 0.260 e. The van der Waals surface area contributed by atoms with Crippen LogP contribution in [0, 0.1) is 0 Å². The number of hydrogen-bond acceptors (Lipinski definition) is 4. The first-order valence-electron chi connectivity index (χ1n) is 7.32. The molecule has 1 aromatic heterocycles. The van der Waals surface area contributed by atoms with Gasteiger partial charge in [-0.25, -0.2) is 8.42 Å².